The van der Waals surface area contributed by atoms with Crippen molar-refractivity contribution in [2.24, 2.45) is 0 Å². The summed E-state index contributed by atoms with van der Waals surface area (Å²) in [5.41, 5.74) is 0.435. The van der Waals surface area contributed by atoms with Crippen molar-refractivity contribution in [3.05, 3.63) is 28.8 Å². The molecule has 0 atom stereocenters. The molecule has 7 heteroatoms. The first-order chi connectivity index (χ1) is 9.63. The van der Waals surface area contributed by atoms with Crippen LogP contribution in [0.25, 0.3) is 10.6 Å². The fourth-order valence-corrected chi connectivity index (χ4v) is 2.50. The number of esters is 2. The second-order valence-electron chi connectivity index (χ2n) is 3.72. The van der Waals surface area contributed by atoms with Gasteiger partial charge in [-0.3, -0.25) is 0 Å². The summed E-state index contributed by atoms with van der Waals surface area (Å²) in [5, 5.41) is 4.74. The molecular weight excluding hydrogens is 282 g/mol. The number of carbonyl (C=O) groups excluding carboxylic acids is 2. The van der Waals surface area contributed by atoms with Gasteiger partial charge in [-0.1, -0.05) is 6.07 Å². The highest BCUT2D eigenvalue weighted by molar-refractivity contribution is 7.13. The second-order valence-corrected chi connectivity index (χ2v) is 4.67. The van der Waals surface area contributed by atoms with Crippen LogP contribution in [0.2, 0.25) is 0 Å². The molecule has 6 nitrogen and oxygen atoms in total. The van der Waals surface area contributed by atoms with Gasteiger partial charge in [0, 0.05) is 7.05 Å². The van der Waals surface area contributed by atoms with E-state index >= 15 is 0 Å². The van der Waals surface area contributed by atoms with Crippen LogP contribution >= 0.6 is 11.3 Å². The highest BCUT2D eigenvalue weighted by atomic mass is 32.1. The number of hydrogen-bond donors (Lipinski definition) is 1. The average molecular weight is 295 g/mol. The van der Waals surface area contributed by atoms with Crippen molar-refractivity contribution in [1.29, 1.82) is 0 Å². The normalized spacial score (nSPS) is 10.2. The maximum atomic E-state index is 11.9. The standard InChI is InChI=1S/C13H13NO5S/c1-14-9-8(12(15)17-2)11(13(16)18-3)19-10(9)7-5-4-6-20-7/h4-6,14H,1-3H3. The molecule has 0 saturated carbocycles. The van der Waals surface area contributed by atoms with Crippen molar-refractivity contribution >= 4 is 29.0 Å². The van der Waals surface area contributed by atoms with Crippen LogP contribution in [0, 0.1) is 0 Å². The van der Waals surface area contributed by atoms with E-state index in [1.807, 2.05) is 17.5 Å². The number of ether oxygens (including phenoxy) is 2. The third-order valence-electron chi connectivity index (χ3n) is 2.66. The molecule has 0 aliphatic heterocycles. The fraction of sp³-hybridized carbons (Fsp3) is 0.231. The predicted octanol–water partition coefficient (Wildman–Crippen LogP) is 2.62. The Bertz CT molecular complexity index is 629. The predicted molar refractivity (Wildman–Crippen MR) is 74.2 cm³/mol. The Kier molecular flexibility index (Phi) is 4.09. The molecule has 1 N–H and O–H groups in total. The van der Waals surface area contributed by atoms with Crippen LogP contribution < -0.4 is 5.32 Å². The zero-order valence-electron chi connectivity index (χ0n) is 11.2. The Morgan fingerprint density at radius 3 is 2.45 bits per heavy atom. The Balaban J connectivity index is 2.69. The molecule has 0 aromatic carbocycles. The molecular formula is C13H13NO5S. The summed E-state index contributed by atoms with van der Waals surface area (Å²) in [6.07, 6.45) is 0. The molecule has 2 aromatic heterocycles. The van der Waals surface area contributed by atoms with E-state index in [2.05, 4.69) is 10.1 Å². The number of furan rings is 1. The summed E-state index contributed by atoms with van der Waals surface area (Å²) in [5.74, 6) is -1.17. The molecule has 0 amide bonds. The van der Waals surface area contributed by atoms with E-state index in [0.29, 0.717) is 11.4 Å². The Hall–Kier alpha value is -2.28. The fourth-order valence-electron chi connectivity index (χ4n) is 1.78. The van der Waals surface area contributed by atoms with Gasteiger partial charge in [-0.05, 0) is 11.4 Å². The number of hydrogen-bond acceptors (Lipinski definition) is 7. The first-order valence-electron chi connectivity index (χ1n) is 5.69. The molecule has 106 valence electrons. The molecule has 2 aromatic rings. The second kappa shape index (κ2) is 5.79. The smallest absolute Gasteiger partial charge is 0.374 e. The molecule has 0 aliphatic carbocycles. The number of anilines is 1. The van der Waals surface area contributed by atoms with E-state index in [-0.39, 0.29) is 11.3 Å². The molecule has 0 saturated heterocycles. The highest BCUT2D eigenvalue weighted by Gasteiger charge is 2.31. The van der Waals surface area contributed by atoms with Crippen LogP contribution in [-0.2, 0) is 9.47 Å². The minimum atomic E-state index is -0.732. The first kappa shape index (κ1) is 14.1. The lowest BCUT2D eigenvalue weighted by atomic mass is 10.2. The number of nitrogens with one attached hydrogen (secondary N) is 1. The van der Waals surface area contributed by atoms with Crippen LogP contribution in [0.15, 0.2) is 21.9 Å². The number of methoxy groups -OCH3 is 2. The zero-order valence-corrected chi connectivity index (χ0v) is 12.0. The lowest BCUT2D eigenvalue weighted by molar-refractivity contribution is 0.0529. The number of rotatable bonds is 4. The Labute approximate surface area is 119 Å². The molecule has 2 heterocycles. The molecule has 0 unspecified atom stereocenters. The molecule has 0 spiro atoms. The van der Waals surface area contributed by atoms with Gasteiger partial charge in [-0.15, -0.1) is 11.3 Å². The van der Waals surface area contributed by atoms with E-state index in [0.717, 1.165) is 4.88 Å². The average Bonchev–Trinajstić information content (AvgIpc) is 3.11. The maximum absolute atomic E-state index is 11.9. The molecule has 0 fully saturated rings. The summed E-state index contributed by atoms with van der Waals surface area (Å²) >= 11 is 1.43. The summed E-state index contributed by atoms with van der Waals surface area (Å²) in [7, 11) is 4.09. The highest BCUT2D eigenvalue weighted by Crippen LogP contribution is 2.38. The van der Waals surface area contributed by atoms with Gasteiger partial charge >= 0.3 is 11.9 Å². The van der Waals surface area contributed by atoms with Crippen LogP contribution in [0.3, 0.4) is 0 Å². The monoisotopic (exact) mass is 295 g/mol. The van der Waals surface area contributed by atoms with Crippen molar-refractivity contribution in [1.82, 2.24) is 0 Å². The van der Waals surface area contributed by atoms with Crippen molar-refractivity contribution in [3.8, 4) is 10.6 Å². The Morgan fingerprint density at radius 1 is 1.25 bits per heavy atom. The maximum Gasteiger partial charge on any atom is 0.374 e. The summed E-state index contributed by atoms with van der Waals surface area (Å²) in [6, 6.07) is 3.67. The van der Waals surface area contributed by atoms with Crippen LogP contribution in [-0.4, -0.2) is 33.2 Å². The third kappa shape index (κ3) is 2.27. The van der Waals surface area contributed by atoms with Gasteiger partial charge in [0.25, 0.3) is 0 Å². The van der Waals surface area contributed by atoms with Gasteiger partial charge in [-0.25, -0.2) is 9.59 Å². The Morgan fingerprint density at radius 2 is 1.95 bits per heavy atom. The first-order valence-corrected chi connectivity index (χ1v) is 6.57. The van der Waals surface area contributed by atoms with Gasteiger partial charge in [0.1, 0.15) is 5.56 Å². The largest absolute Gasteiger partial charge is 0.465 e. The van der Waals surface area contributed by atoms with Crippen molar-refractivity contribution in [2.75, 3.05) is 26.6 Å². The summed E-state index contributed by atoms with van der Waals surface area (Å²) in [6.45, 7) is 0. The van der Waals surface area contributed by atoms with Crippen LogP contribution in [0.4, 0.5) is 5.69 Å². The van der Waals surface area contributed by atoms with Gasteiger partial charge in [-0.2, -0.15) is 0 Å². The zero-order chi connectivity index (χ0) is 14.7. The van der Waals surface area contributed by atoms with Gasteiger partial charge in [0.2, 0.25) is 5.76 Å². The van der Waals surface area contributed by atoms with E-state index in [1.165, 1.54) is 25.6 Å². The third-order valence-corrected chi connectivity index (χ3v) is 3.53. The quantitative estimate of drug-likeness (QED) is 0.874. The van der Waals surface area contributed by atoms with Crippen molar-refractivity contribution in [3.63, 3.8) is 0 Å². The van der Waals surface area contributed by atoms with E-state index in [1.54, 1.807) is 7.05 Å². The number of thiophene rings is 1. The minimum absolute atomic E-state index is 0.0326. The van der Waals surface area contributed by atoms with Crippen LogP contribution in [0.5, 0.6) is 0 Å². The lowest BCUT2D eigenvalue weighted by Crippen LogP contribution is -2.11. The van der Waals surface area contributed by atoms with Gasteiger partial charge < -0.3 is 19.2 Å². The lowest BCUT2D eigenvalue weighted by Gasteiger charge is -2.03. The van der Waals surface area contributed by atoms with E-state index in [9.17, 15) is 9.59 Å². The van der Waals surface area contributed by atoms with Gasteiger partial charge in [0.05, 0.1) is 24.8 Å². The van der Waals surface area contributed by atoms with E-state index in [4.69, 9.17) is 9.15 Å². The molecule has 2 rings (SSSR count). The number of carbonyl (C=O) groups is 2. The molecule has 20 heavy (non-hydrogen) atoms. The van der Waals surface area contributed by atoms with Crippen molar-refractivity contribution in [2.45, 2.75) is 0 Å². The summed E-state index contributed by atoms with van der Waals surface area (Å²) < 4.78 is 14.9. The molecule has 0 radical (unpaired) electrons. The minimum Gasteiger partial charge on any atom is -0.465 e. The molecule has 0 aliphatic rings. The topological polar surface area (TPSA) is 77.8 Å². The molecule has 0 bridgehead atoms. The van der Waals surface area contributed by atoms with E-state index < -0.39 is 11.9 Å². The van der Waals surface area contributed by atoms with Gasteiger partial charge in [0.15, 0.2) is 5.76 Å². The SMILES string of the molecule is CNc1c(-c2cccs2)oc(C(=O)OC)c1C(=O)OC. The summed E-state index contributed by atoms with van der Waals surface area (Å²) in [4.78, 5) is 24.4. The van der Waals surface area contributed by atoms with Crippen molar-refractivity contribution < 1.29 is 23.5 Å². The van der Waals surface area contributed by atoms with Crippen LogP contribution in [0.1, 0.15) is 20.9 Å².